The second-order valence-electron chi connectivity index (χ2n) is 4.41. The molecular weight excluding hydrogens is 278 g/mol. The molecule has 18 heavy (non-hydrogen) atoms. The van der Waals surface area contributed by atoms with Crippen LogP contribution in [0.25, 0.3) is 0 Å². The Labute approximate surface area is 108 Å². The van der Waals surface area contributed by atoms with Gasteiger partial charge in [0.15, 0.2) is 4.75 Å². The van der Waals surface area contributed by atoms with Crippen LogP contribution in [0.3, 0.4) is 0 Å². The van der Waals surface area contributed by atoms with Crippen LogP contribution in [0.2, 0.25) is 0 Å². The van der Waals surface area contributed by atoms with Crippen LogP contribution in [-0.4, -0.2) is 34.5 Å². The van der Waals surface area contributed by atoms with Crippen LogP contribution in [-0.2, 0) is 21.4 Å². The van der Waals surface area contributed by atoms with Gasteiger partial charge < -0.3 is 5.11 Å². The van der Waals surface area contributed by atoms with Gasteiger partial charge >= 0.3 is 5.97 Å². The van der Waals surface area contributed by atoms with E-state index in [1.54, 1.807) is 5.38 Å². The fraction of sp³-hybridized carbons (Fsp3) is 0.400. The quantitative estimate of drug-likeness (QED) is 0.892. The summed E-state index contributed by atoms with van der Waals surface area (Å²) in [7, 11) is -3.67. The Morgan fingerprint density at radius 1 is 1.50 bits per heavy atom. The fourth-order valence-electron chi connectivity index (χ4n) is 1.72. The average molecular weight is 289 g/mol. The minimum atomic E-state index is -3.67. The van der Waals surface area contributed by atoms with Gasteiger partial charge in [-0.1, -0.05) is 0 Å². The van der Waals surface area contributed by atoms with Gasteiger partial charge in [-0.3, -0.25) is 4.79 Å². The van der Waals surface area contributed by atoms with Crippen molar-refractivity contribution in [1.29, 1.82) is 0 Å². The minimum Gasteiger partial charge on any atom is -0.477 e. The summed E-state index contributed by atoms with van der Waals surface area (Å²) in [5, 5.41) is 10.5. The molecule has 98 valence electrons. The Morgan fingerprint density at radius 3 is 2.61 bits per heavy atom. The van der Waals surface area contributed by atoms with Crippen LogP contribution in [0.1, 0.15) is 29.1 Å². The first-order valence-electron chi connectivity index (χ1n) is 5.06. The Balaban J connectivity index is 2.30. The van der Waals surface area contributed by atoms with Crippen molar-refractivity contribution >= 4 is 33.2 Å². The maximum atomic E-state index is 11.8. The first-order valence-corrected chi connectivity index (χ1v) is 7.38. The Bertz CT molecular complexity index is 628. The van der Waals surface area contributed by atoms with E-state index >= 15 is 0 Å². The number of thiophene rings is 1. The van der Waals surface area contributed by atoms with E-state index in [1.807, 2.05) is 0 Å². The summed E-state index contributed by atoms with van der Waals surface area (Å²) in [4.78, 5) is 22.7. The highest BCUT2D eigenvalue weighted by molar-refractivity contribution is 7.94. The van der Waals surface area contributed by atoms with Gasteiger partial charge in [-0.15, -0.1) is 11.3 Å². The van der Waals surface area contributed by atoms with Gasteiger partial charge in [0.25, 0.3) is 15.9 Å². The monoisotopic (exact) mass is 289 g/mol. The highest BCUT2D eigenvalue weighted by Crippen LogP contribution is 2.36. The lowest BCUT2D eigenvalue weighted by Crippen LogP contribution is -2.66. The highest BCUT2D eigenvalue weighted by Gasteiger charge is 2.60. The normalized spacial score (nSPS) is 20.6. The standard InChI is InChI=1S/C10H11NO5S2/c1-10(2)9(14)11(18(10,15)16)5-6-3-4-17-7(6)8(12)13/h3-4H,5H2,1-2H3,(H,12,13). The predicted octanol–water partition coefficient (Wildman–Crippen LogP) is 0.897. The molecule has 1 aliphatic heterocycles. The molecule has 0 aromatic carbocycles. The summed E-state index contributed by atoms with van der Waals surface area (Å²) in [6, 6.07) is 1.52. The summed E-state index contributed by atoms with van der Waals surface area (Å²) in [6.07, 6.45) is 0. The molecule has 0 spiro atoms. The van der Waals surface area contributed by atoms with Gasteiger partial charge in [-0.05, 0) is 30.9 Å². The van der Waals surface area contributed by atoms with E-state index in [0.717, 1.165) is 15.6 Å². The van der Waals surface area contributed by atoms with Crippen molar-refractivity contribution in [2.24, 2.45) is 0 Å². The van der Waals surface area contributed by atoms with E-state index in [-0.39, 0.29) is 11.4 Å². The molecule has 2 heterocycles. The molecule has 0 bridgehead atoms. The highest BCUT2D eigenvalue weighted by atomic mass is 32.2. The van der Waals surface area contributed by atoms with E-state index in [4.69, 9.17) is 5.11 Å². The molecule has 1 fully saturated rings. The molecule has 0 unspecified atom stereocenters. The molecule has 1 saturated heterocycles. The number of sulfonamides is 1. The maximum absolute atomic E-state index is 11.8. The van der Waals surface area contributed by atoms with Crippen LogP contribution >= 0.6 is 11.3 Å². The third-order valence-electron chi connectivity index (χ3n) is 2.93. The molecule has 1 aliphatic rings. The third-order valence-corrected chi connectivity index (χ3v) is 6.22. The van der Waals surface area contributed by atoms with Gasteiger partial charge in [0.05, 0.1) is 6.54 Å². The van der Waals surface area contributed by atoms with Crippen molar-refractivity contribution in [1.82, 2.24) is 4.31 Å². The summed E-state index contributed by atoms with van der Waals surface area (Å²) in [5.74, 6) is -1.63. The predicted molar refractivity (Wildman–Crippen MR) is 64.8 cm³/mol. The van der Waals surface area contributed by atoms with Crippen LogP contribution < -0.4 is 0 Å². The first kappa shape index (κ1) is 13.0. The smallest absolute Gasteiger partial charge is 0.346 e. The molecule has 1 aromatic rings. The SMILES string of the molecule is CC1(C)C(=O)N(Cc2ccsc2C(=O)O)S1(=O)=O. The largest absolute Gasteiger partial charge is 0.477 e. The molecule has 1 N–H and O–H groups in total. The third kappa shape index (κ3) is 1.56. The molecule has 0 radical (unpaired) electrons. The Morgan fingerprint density at radius 2 is 2.11 bits per heavy atom. The molecule has 6 nitrogen and oxygen atoms in total. The number of carbonyl (C=O) groups is 2. The molecule has 2 rings (SSSR count). The van der Waals surface area contributed by atoms with Crippen molar-refractivity contribution in [3.63, 3.8) is 0 Å². The average Bonchev–Trinajstić information content (AvgIpc) is 2.72. The van der Waals surface area contributed by atoms with Crippen LogP contribution in [0, 0.1) is 0 Å². The summed E-state index contributed by atoms with van der Waals surface area (Å²) < 4.78 is 23.0. The van der Waals surface area contributed by atoms with E-state index in [1.165, 1.54) is 19.9 Å². The van der Waals surface area contributed by atoms with Crippen molar-refractivity contribution in [2.45, 2.75) is 25.1 Å². The van der Waals surface area contributed by atoms with Crippen LogP contribution in [0.5, 0.6) is 0 Å². The van der Waals surface area contributed by atoms with Gasteiger partial charge in [0, 0.05) is 0 Å². The number of amides is 1. The van der Waals surface area contributed by atoms with Crippen molar-refractivity contribution in [2.75, 3.05) is 0 Å². The van der Waals surface area contributed by atoms with Crippen molar-refractivity contribution in [3.05, 3.63) is 21.9 Å². The number of carboxylic acids is 1. The van der Waals surface area contributed by atoms with Gasteiger partial charge in [-0.2, -0.15) is 0 Å². The zero-order valence-corrected chi connectivity index (χ0v) is 11.3. The molecular formula is C10H11NO5S2. The summed E-state index contributed by atoms with van der Waals surface area (Å²) in [6.45, 7) is 2.47. The number of hydrogen-bond acceptors (Lipinski definition) is 5. The Hall–Kier alpha value is -1.41. The molecule has 0 saturated carbocycles. The Kier molecular flexibility index (Phi) is 2.74. The molecule has 1 amide bonds. The molecule has 0 aliphatic carbocycles. The van der Waals surface area contributed by atoms with Gasteiger partial charge in [0.1, 0.15) is 4.88 Å². The molecule has 0 atom stereocenters. The maximum Gasteiger partial charge on any atom is 0.346 e. The van der Waals surface area contributed by atoms with E-state index < -0.39 is 26.6 Å². The van der Waals surface area contributed by atoms with Crippen LogP contribution in [0.4, 0.5) is 0 Å². The number of aromatic carboxylic acids is 1. The first-order chi connectivity index (χ1) is 8.19. The van der Waals surface area contributed by atoms with E-state index in [2.05, 4.69) is 0 Å². The fourth-order valence-corrected chi connectivity index (χ4v) is 3.97. The lowest BCUT2D eigenvalue weighted by atomic mass is 10.1. The molecule has 1 aromatic heterocycles. The number of carboxylic acid groups (broad SMARTS) is 1. The second kappa shape index (κ2) is 3.79. The number of nitrogens with zero attached hydrogens (tertiary/aromatic N) is 1. The van der Waals surface area contributed by atoms with Crippen molar-refractivity contribution < 1.29 is 23.1 Å². The van der Waals surface area contributed by atoms with Crippen LogP contribution in [0.15, 0.2) is 11.4 Å². The number of hydrogen-bond donors (Lipinski definition) is 1. The zero-order chi connectivity index (χ0) is 13.7. The topological polar surface area (TPSA) is 91.8 Å². The minimum absolute atomic E-state index is 0.0581. The van der Waals surface area contributed by atoms with Crippen molar-refractivity contribution in [3.8, 4) is 0 Å². The zero-order valence-electron chi connectivity index (χ0n) is 9.71. The number of carbonyl (C=O) groups excluding carboxylic acids is 1. The van der Waals surface area contributed by atoms with Gasteiger partial charge in [-0.25, -0.2) is 17.5 Å². The number of rotatable bonds is 3. The van der Waals surface area contributed by atoms with Gasteiger partial charge in [0.2, 0.25) is 0 Å². The molecule has 8 heteroatoms. The van der Waals surface area contributed by atoms with E-state index in [0.29, 0.717) is 5.56 Å². The second-order valence-corrected chi connectivity index (χ2v) is 7.73. The summed E-state index contributed by atoms with van der Waals surface area (Å²) >= 11 is 1.00. The lowest BCUT2D eigenvalue weighted by Gasteiger charge is -2.42. The summed E-state index contributed by atoms with van der Waals surface area (Å²) in [5.41, 5.74) is 0.333. The lowest BCUT2D eigenvalue weighted by molar-refractivity contribution is -0.132. The van der Waals surface area contributed by atoms with E-state index in [9.17, 15) is 18.0 Å².